The first-order chi connectivity index (χ1) is 13.2. The van der Waals surface area contributed by atoms with Crippen molar-refractivity contribution < 1.29 is 17.6 Å². The van der Waals surface area contributed by atoms with Crippen LogP contribution in [0.1, 0.15) is 44.9 Å². The Morgan fingerprint density at radius 2 is 2.07 bits per heavy atom. The van der Waals surface area contributed by atoms with Gasteiger partial charge in [0.15, 0.2) is 0 Å². The smallest absolute Gasteiger partial charge is 0.240 e. The minimum atomic E-state index is -3.67. The van der Waals surface area contributed by atoms with Gasteiger partial charge in [0.25, 0.3) is 0 Å². The fourth-order valence-corrected chi connectivity index (χ4v) is 5.15. The highest BCUT2D eigenvalue weighted by atomic mass is 32.2. The summed E-state index contributed by atoms with van der Waals surface area (Å²) in [6.45, 7) is 6.50. The third-order valence-corrected chi connectivity index (χ3v) is 7.08. The van der Waals surface area contributed by atoms with Crippen molar-refractivity contribution in [3.05, 3.63) is 47.9 Å². The van der Waals surface area contributed by atoms with E-state index < -0.39 is 10.0 Å². The second-order valence-electron chi connectivity index (χ2n) is 8.57. The van der Waals surface area contributed by atoms with Crippen LogP contribution >= 0.6 is 0 Å². The fraction of sp³-hybridized carbons (Fsp3) is 0.476. The molecule has 6 nitrogen and oxygen atoms in total. The van der Waals surface area contributed by atoms with E-state index in [1.807, 2.05) is 17.9 Å². The molecule has 0 saturated heterocycles. The number of sulfonamides is 1. The van der Waals surface area contributed by atoms with Crippen LogP contribution in [0.2, 0.25) is 0 Å². The number of carbonyl (C=O) groups is 1. The molecule has 1 aromatic heterocycles. The van der Waals surface area contributed by atoms with E-state index in [2.05, 4.69) is 18.6 Å². The summed E-state index contributed by atoms with van der Waals surface area (Å²) >= 11 is 0. The van der Waals surface area contributed by atoms with E-state index in [0.29, 0.717) is 13.0 Å². The van der Waals surface area contributed by atoms with E-state index in [1.54, 1.807) is 30.5 Å². The summed E-state index contributed by atoms with van der Waals surface area (Å²) in [6, 6.07) is 8.40. The molecule has 2 aromatic rings. The van der Waals surface area contributed by atoms with Gasteiger partial charge in [0, 0.05) is 36.0 Å². The SMILES string of the molecule is C[C@@H](Cc1ccco1)NS(=O)(=O)c1ccc2c(c1)C(C)(C)CN2C(=O)C1CC1. The van der Waals surface area contributed by atoms with Gasteiger partial charge >= 0.3 is 0 Å². The molecule has 28 heavy (non-hydrogen) atoms. The lowest BCUT2D eigenvalue weighted by Gasteiger charge is -2.20. The molecular formula is C21H26N2O4S. The van der Waals surface area contributed by atoms with E-state index in [1.165, 1.54) is 0 Å². The van der Waals surface area contributed by atoms with E-state index >= 15 is 0 Å². The van der Waals surface area contributed by atoms with Gasteiger partial charge in [0.05, 0.1) is 11.2 Å². The molecule has 7 heteroatoms. The number of amides is 1. The number of hydrogen-bond acceptors (Lipinski definition) is 4. The number of furan rings is 1. The third kappa shape index (κ3) is 3.61. The molecule has 2 aliphatic rings. The number of benzene rings is 1. The van der Waals surface area contributed by atoms with Crippen LogP contribution in [0.5, 0.6) is 0 Å². The van der Waals surface area contributed by atoms with Gasteiger partial charge in [0.2, 0.25) is 15.9 Å². The van der Waals surface area contributed by atoms with Gasteiger partial charge < -0.3 is 9.32 Å². The molecule has 1 fully saturated rings. The number of hydrogen-bond donors (Lipinski definition) is 1. The lowest BCUT2D eigenvalue weighted by molar-refractivity contribution is -0.119. The lowest BCUT2D eigenvalue weighted by atomic mass is 9.87. The van der Waals surface area contributed by atoms with Crippen molar-refractivity contribution in [1.82, 2.24) is 4.72 Å². The van der Waals surface area contributed by atoms with Crippen molar-refractivity contribution in [3.8, 4) is 0 Å². The number of nitrogens with one attached hydrogen (secondary N) is 1. The first-order valence-corrected chi connectivity index (χ1v) is 11.2. The average molecular weight is 403 g/mol. The molecule has 4 rings (SSSR count). The maximum atomic E-state index is 12.9. The zero-order valence-electron chi connectivity index (χ0n) is 16.4. The molecule has 1 aliphatic carbocycles. The summed E-state index contributed by atoms with van der Waals surface area (Å²) < 4.78 is 33.8. The van der Waals surface area contributed by atoms with Crippen molar-refractivity contribution in [2.24, 2.45) is 5.92 Å². The van der Waals surface area contributed by atoms with Crippen molar-refractivity contribution >= 4 is 21.6 Å². The van der Waals surface area contributed by atoms with Crippen LogP contribution in [0.25, 0.3) is 0 Å². The van der Waals surface area contributed by atoms with Crippen molar-refractivity contribution in [2.75, 3.05) is 11.4 Å². The minimum Gasteiger partial charge on any atom is -0.469 e. The topological polar surface area (TPSA) is 79.6 Å². The predicted octanol–water partition coefficient (Wildman–Crippen LogP) is 3.22. The van der Waals surface area contributed by atoms with Gasteiger partial charge in [-0.25, -0.2) is 13.1 Å². The third-order valence-electron chi connectivity index (χ3n) is 5.49. The molecule has 150 valence electrons. The van der Waals surface area contributed by atoms with Crippen LogP contribution in [-0.4, -0.2) is 26.9 Å². The van der Waals surface area contributed by atoms with Crippen molar-refractivity contribution in [3.63, 3.8) is 0 Å². The Morgan fingerprint density at radius 3 is 2.71 bits per heavy atom. The fourth-order valence-electron chi connectivity index (χ4n) is 3.88. The van der Waals surface area contributed by atoms with Crippen molar-refractivity contribution in [1.29, 1.82) is 0 Å². The molecule has 2 heterocycles. The van der Waals surface area contributed by atoms with Crippen LogP contribution in [0, 0.1) is 5.92 Å². The zero-order chi connectivity index (χ0) is 20.1. The highest BCUT2D eigenvalue weighted by molar-refractivity contribution is 7.89. The Morgan fingerprint density at radius 1 is 1.32 bits per heavy atom. The number of fused-ring (bicyclic) bond motifs is 1. The quantitative estimate of drug-likeness (QED) is 0.805. The molecule has 0 unspecified atom stereocenters. The molecule has 1 aliphatic heterocycles. The lowest BCUT2D eigenvalue weighted by Crippen LogP contribution is -2.34. The second-order valence-corrected chi connectivity index (χ2v) is 10.3. The second kappa shape index (κ2) is 6.74. The summed E-state index contributed by atoms with van der Waals surface area (Å²) in [5, 5.41) is 0. The Balaban J connectivity index is 1.58. The Labute approximate surface area is 166 Å². The summed E-state index contributed by atoms with van der Waals surface area (Å²) in [5.41, 5.74) is 1.46. The van der Waals surface area contributed by atoms with E-state index in [4.69, 9.17) is 4.42 Å². The summed E-state index contributed by atoms with van der Waals surface area (Å²) in [6.07, 6.45) is 3.96. The van der Waals surface area contributed by atoms with Gasteiger partial charge in [-0.05, 0) is 55.7 Å². The van der Waals surface area contributed by atoms with Crippen molar-refractivity contribution in [2.45, 2.75) is 56.4 Å². The Hall–Kier alpha value is -2.12. The van der Waals surface area contributed by atoms with Crippen LogP contribution in [0.15, 0.2) is 45.9 Å². The van der Waals surface area contributed by atoms with Gasteiger partial charge in [-0.1, -0.05) is 13.8 Å². The van der Waals surface area contributed by atoms with Gasteiger partial charge in [-0.3, -0.25) is 4.79 Å². The highest BCUT2D eigenvalue weighted by Gasteiger charge is 2.43. The number of rotatable bonds is 6. The summed E-state index contributed by atoms with van der Waals surface area (Å²) in [7, 11) is -3.67. The largest absolute Gasteiger partial charge is 0.469 e. The first-order valence-electron chi connectivity index (χ1n) is 9.68. The molecule has 1 aromatic carbocycles. The van der Waals surface area contributed by atoms with Gasteiger partial charge in [-0.2, -0.15) is 0 Å². The monoisotopic (exact) mass is 402 g/mol. The molecule has 1 saturated carbocycles. The number of nitrogens with zero attached hydrogens (tertiary/aromatic N) is 1. The van der Waals surface area contributed by atoms with E-state index in [0.717, 1.165) is 29.9 Å². The normalized spacial score (nSPS) is 19.5. The molecule has 1 amide bonds. The molecular weight excluding hydrogens is 376 g/mol. The Bertz CT molecular complexity index is 991. The minimum absolute atomic E-state index is 0.134. The summed E-state index contributed by atoms with van der Waals surface area (Å²) in [4.78, 5) is 14.7. The molecule has 1 atom stereocenters. The first kappa shape index (κ1) is 19.2. The molecule has 1 N–H and O–H groups in total. The van der Waals surface area contributed by atoms with Crippen LogP contribution in [-0.2, 0) is 26.7 Å². The van der Waals surface area contributed by atoms with Gasteiger partial charge in [0.1, 0.15) is 5.76 Å². The molecule has 0 bridgehead atoms. The summed E-state index contributed by atoms with van der Waals surface area (Å²) in [5.74, 6) is 1.03. The maximum Gasteiger partial charge on any atom is 0.240 e. The Kier molecular flexibility index (Phi) is 4.62. The van der Waals surface area contributed by atoms with Crippen LogP contribution < -0.4 is 9.62 Å². The van der Waals surface area contributed by atoms with Gasteiger partial charge in [-0.15, -0.1) is 0 Å². The maximum absolute atomic E-state index is 12.9. The highest BCUT2D eigenvalue weighted by Crippen LogP contribution is 2.44. The molecule has 0 spiro atoms. The number of carbonyl (C=O) groups excluding carboxylic acids is 1. The van der Waals surface area contributed by atoms with E-state index in [9.17, 15) is 13.2 Å². The molecule has 0 radical (unpaired) electrons. The van der Waals surface area contributed by atoms with E-state index in [-0.39, 0.29) is 28.2 Å². The van der Waals surface area contributed by atoms with Crippen LogP contribution in [0.3, 0.4) is 0 Å². The average Bonchev–Trinajstić information content (AvgIpc) is 3.29. The predicted molar refractivity (Wildman–Crippen MR) is 107 cm³/mol. The number of anilines is 1. The van der Waals surface area contributed by atoms with Crippen LogP contribution in [0.4, 0.5) is 5.69 Å². The standard InChI is InChI=1S/C21H26N2O4S/c1-14(11-16-5-4-10-27-16)22-28(25,26)17-8-9-19-18(12-17)21(2,3)13-23(19)20(24)15-6-7-15/h4-5,8-10,12,14-15,22H,6-7,11,13H2,1-3H3/t14-/m0/s1. The zero-order valence-corrected chi connectivity index (χ0v) is 17.3.